The molecule has 0 bridgehead atoms. The lowest BCUT2D eigenvalue weighted by Crippen LogP contribution is -1.88. The molecule has 0 saturated carbocycles. The molecular formula is C9H8NO. The highest BCUT2D eigenvalue weighted by Crippen LogP contribution is 2.26. The van der Waals surface area contributed by atoms with Gasteiger partial charge in [0.2, 0.25) is 0 Å². The van der Waals surface area contributed by atoms with Gasteiger partial charge in [0.15, 0.2) is 0 Å². The lowest BCUT2D eigenvalue weighted by molar-refractivity contribution is 0.281. The van der Waals surface area contributed by atoms with Crippen LogP contribution in [0, 0.1) is 0 Å². The normalized spacial score (nSPS) is 12.8. The molecule has 1 aromatic rings. The number of rotatable bonds is 1. The Kier molecular flexibility index (Phi) is 1.40. The van der Waals surface area contributed by atoms with Crippen molar-refractivity contribution < 1.29 is 5.11 Å². The Balaban J connectivity index is 2.57. The highest BCUT2D eigenvalue weighted by atomic mass is 16.3. The summed E-state index contributed by atoms with van der Waals surface area (Å²) in [6, 6.07) is 5.75. The molecule has 1 aromatic carbocycles. The number of hydrogen-bond donors (Lipinski definition) is 1. The molecule has 0 atom stereocenters. The Morgan fingerprint density at radius 1 is 1.36 bits per heavy atom. The van der Waals surface area contributed by atoms with Gasteiger partial charge in [0.05, 0.1) is 12.3 Å². The summed E-state index contributed by atoms with van der Waals surface area (Å²) in [6.07, 6.45) is 3.67. The van der Waals surface area contributed by atoms with Gasteiger partial charge < -0.3 is 5.11 Å². The molecule has 0 spiro atoms. The Morgan fingerprint density at radius 2 is 2.27 bits per heavy atom. The van der Waals surface area contributed by atoms with Gasteiger partial charge in [-0.1, -0.05) is 12.1 Å². The number of aliphatic hydroxyl groups excluding tert-OH is 1. The number of aliphatic hydroxyl groups is 1. The summed E-state index contributed by atoms with van der Waals surface area (Å²) < 4.78 is 0. The number of fused-ring (bicyclic) bond motifs is 1. The molecule has 1 N–H and O–H groups in total. The van der Waals surface area contributed by atoms with E-state index in [1.807, 2.05) is 24.3 Å². The van der Waals surface area contributed by atoms with Gasteiger partial charge in [-0.25, -0.2) is 0 Å². The summed E-state index contributed by atoms with van der Waals surface area (Å²) >= 11 is 0. The number of benzene rings is 1. The minimum Gasteiger partial charge on any atom is -0.392 e. The molecule has 55 valence electrons. The Bertz CT molecular complexity index is 304. The number of hydrogen-bond acceptors (Lipinski definition) is 1. The Labute approximate surface area is 65.2 Å². The van der Waals surface area contributed by atoms with Gasteiger partial charge in [-0.05, 0) is 17.7 Å². The van der Waals surface area contributed by atoms with Gasteiger partial charge in [0.25, 0.3) is 0 Å². The van der Waals surface area contributed by atoms with Gasteiger partial charge >= 0.3 is 0 Å². The third-order valence-corrected chi connectivity index (χ3v) is 1.80. The van der Waals surface area contributed by atoms with E-state index in [0.29, 0.717) is 0 Å². The van der Waals surface area contributed by atoms with Gasteiger partial charge in [-0.2, -0.15) is 0 Å². The zero-order valence-electron chi connectivity index (χ0n) is 5.99. The quantitative estimate of drug-likeness (QED) is 0.638. The fourth-order valence-electron chi connectivity index (χ4n) is 1.23. The topological polar surface area (TPSA) is 34.3 Å². The van der Waals surface area contributed by atoms with E-state index in [4.69, 9.17) is 5.11 Å². The van der Waals surface area contributed by atoms with Crippen LogP contribution >= 0.6 is 0 Å². The summed E-state index contributed by atoms with van der Waals surface area (Å²) in [4.78, 5) is 0. The second-order valence-electron chi connectivity index (χ2n) is 2.45. The zero-order valence-corrected chi connectivity index (χ0v) is 5.99. The zero-order chi connectivity index (χ0) is 7.68. The molecule has 2 nitrogen and oxygen atoms in total. The predicted molar refractivity (Wildman–Crippen MR) is 43.2 cm³/mol. The van der Waals surface area contributed by atoms with Crippen molar-refractivity contribution in [3.63, 3.8) is 0 Å². The van der Waals surface area contributed by atoms with E-state index >= 15 is 0 Å². The van der Waals surface area contributed by atoms with E-state index in [0.717, 1.165) is 16.8 Å². The van der Waals surface area contributed by atoms with Crippen LogP contribution in [0.2, 0.25) is 0 Å². The van der Waals surface area contributed by atoms with Crippen LogP contribution in [0.3, 0.4) is 0 Å². The Morgan fingerprint density at radius 3 is 3.09 bits per heavy atom. The SMILES string of the molecule is OCc1cccc2c1C=C[N]2. The first-order chi connectivity index (χ1) is 5.42. The van der Waals surface area contributed by atoms with E-state index in [1.165, 1.54) is 0 Å². The highest BCUT2D eigenvalue weighted by molar-refractivity contribution is 5.71. The summed E-state index contributed by atoms with van der Waals surface area (Å²) in [6.45, 7) is 0.0863. The minimum absolute atomic E-state index is 0.0863. The summed E-state index contributed by atoms with van der Waals surface area (Å²) in [5.41, 5.74) is 2.95. The molecule has 0 fully saturated rings. The maximum Gasteiger partial charge on any atom is 0.0706 e. The second-order valence-corrected chi connectivity index (χ2v) is 2.45. The van der Waals surface area contributed by atoms with Crippen LogP contribution in [0.1, 0.15) is 11.1 Å². The lowest BCUT2D eigenvalue weighted by atomic mass is 10.1. The highest BCUT2D eigenvalue weighted by Gasteiger charge is 2.08. The van der Waals surface area contributed by atoms with E-state index in [9.17, 15) is 0 Å². The molecule has 2 heteroatoms. The van der Waals surface area contributed by atoms with Crippen molar-refractivity contribution in [1.82, 2.24) is 5.32 Å². The standard InChI is InChI=1S/C9H8NO/c11-6-7-2-1-3-9-8(7)4-5-10-9/h1-5,11H,6H2. The Hall–Kier alpha value is -1.28. The molecule has 1 aliphatic heterocycles. The first-order valence-corrected chi connectivity index (χ1v) is 3.52. The third-order valence-electron chi connectivity index (χ3n) is 1.80. The molecule has 0 amide bonds. The van der Waals surface area contributed by atoms with Crippen molar-refractivity contribution in [2.45, 2.75) is 6.61 Å². The summed E-state index contributed by atoms with van der Waals surface area (Å²) in [5.74, 6) is 0. The summed E-state index contributed by atoms with van der Waals surface area (Å²) in [7, 11) is 0. The molecule has 1 radical (unpaired) electrons. The van der Waals surface area contributed by atoms with Crippen LogP contribution in [0.5, 0.6) is 0 Å². The molecule has 11 heavy (non-hydrogen) atoms. The summed E-state index contributed by atoms with van der Waals surface area (Å²) in [5, 5.41) is 13.0. The molecular weight excluding hydrogens is 138 g/mol. The fraction of sp³-hybridized carbons (Fsp3) is 0.111. The monoisotopic (exact) mass is 146 g/mol. The van der Waals surface area contributed by atoms with Crippen LogP contribution in [0.15, 0.2) is 24.4 Å². The fourth-order valence-corrected chi connectivity index (χ4v) is 1.23. The average Bonchev–Trinajstić information content (AvgIpc) is 2.50. The molecule has 1 aliphatic rings. The van der Waals surface area contributed by atoms with Crippen LogP contribution < -0.4 is 5.32 Å². The molecule has 2 rings (SSSR count). The smallest absolute Gasteiger partial charge is 0.0706 e. The molecule has 0 unspecified atom stereocenters. The van der Waals surface area contributed by atoms with Crippen molar-refractivity contribution in [3.05, 3.63) is 35.5 Å². The van der Waals surface area contributed by atoms with Crippen LogP contribution in [0.25, 0.3) is 6.08 Å². The maximum absolute atomic E-state index is 8.93. The molecule has 0 aromatic heterocycles. The van der Waals surface area contributed by atoms with Crippen molar-refractivity contribution in [2.75, 3.05) is 0 Å². The molecule has 0 aliphatic carbocycles. The van der Waals surface area contributed by atoms with Gasteiger partial charge in [0.1, 0.15) is 0 Å². The maximum atomic E-state index is 8.93. The van der Waals surface area contributed by atoms with Crippen LogP contribution in [-0.4, -0.2) is 5.11 Å². The van der Waals surface area contributed by atoms with Crippen LogP contribution in [0.4, 0.5) is 5.69 Å². The van der Waals surface area contributed by atoms with Crippen LogP contribution in [-0.2, 0) is 6.61 Å². The van der Waals surface area contributed by atoms with E-state index in [-0.39, 0.29) is 6.61 Å². The van der Waals surface area contributed by atoms with Crippen molar-refractivity contribution in [2.24, 2.45) is 0 Å². The average molecular weight is 146 g/mol. The largest absolute Gasteiger partial charge is 0.392 e. The van der Waals surface area contributed by atoms with Gasteiger partial charge in [-0.3, -0.25) is 5.32 Å². The van der Waals surface area contributed by atoms with E-state index < -0.39 is 0 Å². The van der Waals surface area contributed by atoms with Gasteiger partial charge in [-0.15, -0.1) is 0 Å². The second kappa shape index (κ2) is 2.40. The lowest BCUT2D eigenvalue weighted by Gasteiger charge is -2.01. The van der Waals surface area contributed by atoms with Gasteiger partial charge in [0, 0.05) is 11.8 Å². The predicted octanol–water partition coefficient (Wildman–Crippen LogP) is 1.40. The third kappa shape index (κ3) is 0.917. The number of nitrogens with zero attached hydrogens (tertiary/aromatic N) is 1. The van der Waals surface area contributed by atoms with Crippen molar-refractivity contribution in [1.29, 1.82) is 0 Å². The first-order valence-electron chi connectivity index (χ1n) is 3.52. The van der Waals surface area contributed by atoms with Crippen molar-refractivity contribution in [3.8, 4) is 0 Å². The van der Waals surface area contributed by atoms with Crippen molar-refractivity contribution >= 4 is 11.8 Å². The van der Waals surface area contributed by atoms with E-state index in [1.54, 1.807) is 6.20 Å². The van der Waals surface area contributed by atoms with E-state index in [2.05, 4.69) is 5.32 Å². The molecule has 0 saturated heterocycles. The minimum atomic E-state index is 0.0863. The molecule has 1 heterocycles. The first kappa shape index (κ1) is 6.43.